The van der Waals surface area contributed by atoms with E-state index in [9.17, 15) is 24.4 Å². The van der Waals surface area contributed by atoms with Crippen molar-refractivity contribution in [2.75, 3.05) is 52.3 Å². The number of piperidine rings is 1. The van der Waals surface area contributed by atoms with E-state index in [1.165, 1.54) is 19.3 Å². The van der Waals surface area contributed by atoms with Crippen LogP contribution >= 0.6 is 0 Å². The van der Waals surface area contributed by atoms with Crippen molar-refractivity contribution in [2.45, 2.75) is 19.3 Å². The first-order valence-corrected chi connectivity index (χ1v) is 14.0. The van der Waals surface area contributed by atoms with E-state index < -0.39 is 17.5 Å². The Bertz CT molecular complexity index is 1610. The maximum Gasteiger partial charge on any atom is 0.349 e. The van der Waals surface area contributed by atoms with Crippen LogP contribution in [0.4, 0.5) is 5.69 Å². The van der Waals surface area contributed by atoms with E-state index in [4.69, 9.17) is 13.9 Å². The van der Waals surface area contributed by atoms with Crippen LogP contribution in [0.15, 0.2) is 63.3 Å². The standard InChI is InChI=1S/C32H34N4O7/c1-35(2)25-8-5-21(6-9-25)17-24(20-33)31(39)42-16-4-13-34-29(37)22-11-14-36(15-12-22)30(38)27-18-23-7-10-26(41-3)19-28(23)43-32(27)40/h5-10,17-19,22H,4,11-16H2,1-3H3,(H,34,37)/b24-17+. The van der Waals surface area contributed by atoms with Crippen molar-refractivity contribution < 1.29 is 28.3 Å². The summed E-state index contributed by atoms with van der Waals surface area (Å²) in [6, 6.07) is 15.8. The number of fused-ring (bicyclic) bond motifs is 1. The molecule has 2 amide bonds. The first-order valence-electron chi connectivity index (χ1n) is 14.0. The number of nitrogens with zero attached hydrogens (tertiary/aromatic N) is 3. The molecule has 2 heterocycles. The Labute approximate surface area is 249 Å². The van der Waals surface area contributed by atoms with Crippen molar-refractivity contribution >= 4 is 40.5 Å². The number of nitrogens with one attached hydrogen (secondary N) is 1. The number of rotatable bonds is 10. The van der Waals surface area contributed by atoms with Crippen LogP contribution in [0.2, 0.25) is 0 Å². The molecule has 43 heavy (non-hydrogen) atoms. The first kappa shape index (κ1) is 30.8. The van der Waals surface area contributed by atoms with E-state index in [0.29, 0.717) is 61.2 Å². The summed E-state index contributed by atoms with van der Waals surface area (Å²) in [7, 11) is 5.35. The van der Waals surface area contributed by atoms with Crippen molar-refractivity contribution in [3.8, 4) is 11.8 Å². The number of amides is 2. The molecule has 0 radical (unpaired) electrons. The van der Waals surface area contributed by atoms with Gasteiger partial charge in [0.25, 0.3) is 5.91 Å². The number of ether oxygens (including phenoxy) is 2. The second-order valence-electron chi connectivity index (χ2n) is 10.4. The van der Waals surface area contributed by atoms with Crippen LogP contribution in [0, 0.1) is 17.2 Å². The number of anilines is 1. The highest BCUT2D eigenvalue weighted by atomic mass is 16.5. The smallest absolute Gasteiger partial charge is 0.349 e. The lowest BCUT2D eigenvalue weighted by Crippen LogP contribution is -2.44. The summed E-state index contributed by atoms with van der Waals surface area (Å²) < 4.78 is 15.7. The van der Waals surface area contributed by atoms with Gasteiger partial charge in [-0.05, 0) is 61.2 Å². The van der Waals surface area contributed by atoms with Crippen LogP contribution in [-0.4, -0.2) is 70.1 Å². The van der Waals surface area contributed by atoms with Gasteiger partial charge in [0.05, 0.1) is 13.7 Å². The fourth-order valence-corrected chi connectivity index (χ4v) is 4.73. The molecule has 4 rings (SSSR count). The molecule has 1 aromatic heterocycles. The number of carbonyl (C=O) groups excluding carboxylic acids is 3. The van der Waals surface area contributed by atoms with Gasteiger partial charge in [-0.15, -0.1) is 0 Å². The molecular weight excluding hydrogens is 552 g/mol. The van der Waals surface area contributed by atoms with Crippen LogP contribution in [0.1, 0.15) is 35.2 Å². The zero-order chi connectivity index (χ0) is 30.9. The second-order valence-corrected chi connectivity index (χ2v) is 10.4. The second kappa shape index (κ2) is 14.2. The normalized spacial score (nSPS) is 13.7. The van der Waals surface area contributed by atoms with Crippen molar-refractivity contribution in [2.24, 2.45) is 5.92 Å². The lowest BCUT2D eigenvalue weighted by Gasteiger charge is -2.31. The Morgan fingerprint density at radius 1 is 1.12 bits per heavy atom. The Morgan fingerprint density at radius 2 is 1.84 bits per heavy atom. The number of methoxy groups -OCH3 is 1. The number of esters is 1. The average Bonchev–Trinajstić information content (AvgIpc) is 3.02. The highest BCUT2D eigenvalue weighted by molar-refractivity contribution is 5.98. The van der Waals surface area contributed by atoms with Crippen molar-refractivity contribution in [1.29, 1.82) is 5.26 Å². The predicted octanol–water partition coefficient (Wildman–Crippen LogP) is 3.38. The fourth-order valence-electron chi connectivity index (χ4n) is 4.73. The SMILES string of the molecule is COc1ccc2cc(C(=O)N3CCC(C(=O)NCCCOC(=O)/C(C#N)=C/c4ccc(N(C)C)cc4)CC3)c(=O)oc2c1. The third-order valence-electron chi connectivity index (χ3n) is 7.24. The van der Waals surface area contributed by atoms with E-state index in [-0.39, 0.29) is 29.6 Å². The molecule has 0 saturated carbocycles. The number of hydrogen-bond acceptors (Lipinski definition) is 9. The molecule has 224 valence electrons. The minimum absolute atomic E-state index is 0.0474. The van der Waals surface area contributed by atoms with Crippen molar-refractivity contribution in [3.05, 3.63) is 75.7 Å². The summed E-state index contributed by atoms with van der Waals surface area (Å²) in [5, 5.41) is 12.8. The quantitative estimate of drug-likeness (QED) is 0.124. The zero-order valence-electron chi connectivity index (χ0n) is 24.4. The molecule has 0 atom stereocenters. The van der Waals surface area contributed by atoms with E-state index in [1.54, 1.807) is 23.1 Å². The number of nitriles is 1. The van der Waals surface area contributed by atoms with E-state index in [1.807, 2.05) is 49.3 Å². The van der Waals surface area contributed by atoms with Crippen molar-refractivity contribution in [1.82, 2.24) is 10.2 Å². The molecular formula is C32H34N4O7. The summed E-state index contributed by atoms with van der Waals surface area (Å²) >= 11 is 0. The molecule has 11 nitrogen and oxygen atoms in total. The third-order valence-corrected chi connectivity index (χ3v) is 7.24. The maximum atomic E-state index is 13.0. The highest BCUT2D eigenvalue weighted by Crippen LogP contribution is 2.23. The number of hydrogen-bond donors (Lipinski definition) is 1. The summed E-state index contributed by atoms with van der Waals surface area (Å²) in [5.74, 6) is -1.03. The van der Waals surface area contributed by atoms with Gasteiger partial charge in [0.1, 0.15) is 28.5 Å². The Hall–Kier alpha value is -5.11. The molecule has 0 aliphatic carbocycles. The van der Waals surface area contributed by atoms with E-state index in [2.05, 4.69) is 5.32 Å². The molecule has 1 aliphatic rings. The molecule has 1 saturated heterocycles. The number of likely N-dealkylation sites (tertiary alicyclic amines) is 1. The topological polar surface area (TPSA) is 142 Å². The minimum atomic E-state index is -0.720. The van der Waals surface area contributed by atoms with Crippen LogP contribution in [0.25, 0.3) is 17.0 Å². The van der Waals surface area contributed by atoms with Gasteiger partial charge in [-0.1, -0.05) is 12.1 Å². The molecule has 0 spiro atoms. The third kappa shape index (κ3) is 7.80. The van der Waals surface area contributed by atoms with E-state index in [0.717, 1.165) is 5.69 Å². The van der Waals surface area contributed by atoms with Gasteiger partial charge in [0.2, 0.25) is 5.91 Å². The zero-order valence-corrected chi connectivity index (χ0v) is 24.4. The molecule has 1 aliphatic heterocycles. The van der Waals surface area contributed by atoms with Crippen LogP contribution in [0.5, 0.6) is 5.75 Å². The van der Waals surface area contributed by atoms with Gasteiger partial charge in [-0.2, -0.15) is 5.26 Å². The predicted molar refractivity (Wildman–Crippen MR) is 161 cm³/mol. The first-order chi connectivity index (χ1) is 20.7. The monoisotopic (exact) mass is 586 g/mol. The minimum Gasteiger partial charge on any atom is -0.497 e. The largest absolute Gasteiger partial charge is 0.497 e. The molecule has 2 aromatic carbocycles. The highest BCUT2D eigenvalue weighted by Gasteiger charge is 2.29. The average molecular weight is 587 g/mol. The summed E-state index contributed by atoms with van der Waals surface area (Å²) in [6.07, 6.45) is 2.77. The Balaban J connectivity index is 1.19. The molecule has 1 N–H and O–H groups in total. The summed E-state index contributed by atoms with van der Waals surface area (Å²) in [6.45, 7) is 1.00. The number of carbonyl (C=O) groups is 3. The van der Waals surface area contributed by atoms with Crippen molar-refractivity contribution in [3.63, 3.8) is 0 Å². The van der Waals surface area contributed by atoms with Crippen LogP contribution in [-0.2, 0) is 14.3 Å². The molecule has 0 unspecified atom stereocenters. The fraction of sp³-hybridized carbons (Fsp3) is 0.344. The van der Waals surface area contributed by atoms with Gasteiger partial charge in [0, 0.05) is 56.8 Å². The maximum absolute atomic E-state index is 13.0. The van der Waals surface area contributed by atoms with Gasteiger partial charge < -0.3 is 29.0 Å². The Kier molecular flexibility index (Phi) is 10.2. The van der Waals surface area contributed by atoms with Gasteiger partial charge in [0.15, 0.2) is 0 Å². The van der Waals surface area contributed by atoms with Crippen LogP contribution in [0.3, 0.4) is 0 Å². The van der Waals surface area contributed by atoms with Crippen LogP contribution < -0.4 is 20.6 Å². The lowest BCUT2D eigenvalue weighted by molar-refractivity contribution is -0.138. The van der Waals surface area contributed by atoms with Gasteiger partial charge >= 0.3 is 11.6 Å². The molecule has 0 bridgehead atoms. The number of benzene rings is 2. The molecule has 1 fully saturated rings. The lowest BCUT2D eigenvalue weighted by atomic mass is 9.95. The molecule has 11 heteroatoms. The Morgan fingerprint density at radius 3 is 2.49 bits per heavy atom. The van der Waals surface area contributed by atoms with Gasteiger partial charge in [-0.3, -0.25) is 9.59 Å². The molecule has 3 aromatic rings. The summed E-state index contributed by atoms with van der Waals surface area (Å²) in [5.41, 5.74) is 1.16. The summed E-state index contributed by atoms with van der Waals surface area (Å²) in [4.78, 5) is 54.0. The van der Waals surface area contributed by atoms with E-state index >= 15 is 0 Å². The van der Waals surface area contributed by atoms with Gasteiger partial charge in [-0.25, -0.2) is 9.59 Å².